The first-order valence-corrected chi connectivity index (χ1v) is 29.4. The standard InChI is InChI=1S/C60H60N8O9S4/c1-57(2,3)75-53(72)59(7,8)77-66-46(42-36-78-55(62-42)64-56(73)76-58(4,5)6)50(70)63-51-49(47(68-44(69)34-45(68)80-51)52(71)74-48(37-24-14-9-15-25-37)38-26-16-10-17-27-38)81-54(79-43-35-61-67-65-43)60(39-28-18-11-19-29-39,40-30-20-12-21-31-40)41-32-22-13-23-33-41/h9-33,35-36,45,48,51,54H,34H2,1-8H3,(H,63,70)(H,61,65,67)(H,62,64,73)/b66-46-/t45-,51?,54?/m1/s1. The zero-order chi connectivity index (χ0) is 57.5. The number of thiazole rings is 1. The van der Waals surface area contributed by atoms with Gasteiger partial charge in [0.25, 0.3) is 5.91 Å². The van der Waals surface area contributed by atoms with Crippen LogP contribution in [0.1, 0.15) is 101 Å². The highest BCUT2D eigenvalue weighted by molar-refractivity contribution is 8.19. The third-order valence-corrected chi connectivity index (χ3v) is 17.6. The lowest BCUT2D eigenvalue weighted by Gasteiger charge is -2.48. The minimum absolute atomic E-state index is 0.0333. The van der Waals surface area contributed by atoms with Gasteiger partial charge in [0.2, 0.25) is 11.5 Å². The van der Waals surface area contributed by atoms with E-state index in [4.69, 9.17) is 19.0 Å². The Morgan fingerprint density at radius 3 is 1.75 bits per heavy atom. The molecule has 0 bridgehead atoms. The van der Waals surface area contributed by atoms with Crippen LogP contribution in [0.3, 0.4) is 0 Å². The number of benzene rings is 5. The number of nitrogens with one attached hydrogen (secondary N) is 3. The minimum atomic E-state index is -1.73. The van der Waals surface area contributed by atoms with Gasteiger partial charge in [0.05, 0.1) is 32.9 Å². The van der Waals surface area contributed by atoms with Crippen molar-refractivity contribution in [3.05, 3.63) is 207 Å². The summed E-state index contributed by atoms with van der Waals surface area (Å²) in [6, 6.07) is 48.6. The number of rotatable bonds is 19. The average molecular weight is 1170 g/mol. The molecule has 17 nitrogen and oxygen atoms in total. The molecule has 2 aliphatic heterocycles. The molecule has 9 rings (SSSR count). The molecule has 81 heavy (non-hydrogen) atoms. The molecule has 2 aromatic heterocycles. The number of nitrogens with zero attached hydrogens (tertiary/aromatic N) is 5. The van der Waals surface area contributed by atoms with Crippen molar-refractivity contribution in [3.8, 4) is 0 Å². The fourth-order valence-electron chi connectivity index (χ4n) is 8.90. The summed E-state index contributed by atoms with van der Waals surface area (Å²) in [5.74, 6) is -2.76. The number of aromatic amines is 1. The number of H-pyrrole nitrogens is 1. The molecule has 0 saturated carbocycles. The average Bonchev–Trinajstić information content (AvgIpc) is 4.24. The fraction of sp³-hybridized carbons (Fsp3) is 0.283. The maximum atomic E-state index is 15.8. The highest BCUT2D eigenvalue weighted by Gasteiger charge is 2.53. The van der Waals surface area contributed by atoms with Gasteiger partial charge in [-0.25, -0.2) is 19.4 Å². The topological polar surface area (TPSA) is 216 Å². The number of carbonyl (C=O) groups is 5. The van der Waals surface area contributed by atoms with Crippen LogP contribution in [0, 0.1) is 0 Å². The summed E-state index contributed by atoms with van der Waals surface area (Å²) in [6.45, 7) is 13.2. The van der Waals surface area contributed by atoms with Gasteiger partial charge in [0, 0.05) is 5.38 Å². The number of anilines is 1. The molecule has 5 aromatic carbocycles. The molecule has 7 aromatic rings. The summed E-state index contributed by atoms with van der Waals surface area (Å²) in [5, 5.41) is 22.0. The maximum absolute atomic E-state index is 15.8. The smallest absolute Gasteiger partial charge is 0.413 e. The highest BCUT2D eigenvalue weighted by atomic mass is 32.2. The van der Waals surface area contributed by atoms with Crippen molar-refractivity contribution in [1.29, 1.82) is 0 Å². The third-order valence-electron chi connectivity index (χ3n) is 12.5. The van der Waals surface area contributed by atoms with E-state index in [0.29, 0.717) is 16.2 Å². The van der Waals surface area contributed by atoms with Crippen molar-refractivity contribution in [1.82, 2.24) is 30.6 Å². The van der Waals surface area contributed by atoms with Gasteiger partial charge in [-0.15, -0.1) is 40.0 Å². The van der Waals surface area contributed by atoms with Crippen molar-refractivity contribution < 1.29 is 43.0 Å². The van der Waals surface area contributed by atoms with Crippen molar-refractivity contribution >= 4 is 87.3 Å². The van der Waals surface area contributed by atoms with E-state index < -0.39 is 73.3 Å². The molecule has 418 valence electrons. The summed E-state index contributed by atoms with van der Waals surface area (Å²) >= 11 is 4.90. The van der Waals surface area contributed by atoms with E-state index in [2.05, 4.69) is 72.6 Å². The monoisotopic (exact) mass is 1160 g/mol. The Hall–Kier alpha value is -7.72. The molecule has 3 amide bonds. The zero-order valence-corrected chi connectivity index (χ0v) is 48.9. The summed E-state index contributed by atoms with van der Waals surface area (Å²) < 4.78 is 17.1. The lowest BCUT2D eigenvalue weighted by molar-refractivity contribution is -0.179. The number of fused-ring (bicyclic) bond motifs is 1. The second kappa shape index (κ2) is 24.6. The highest BCUT2D eigenvalue weighted by Crippen LogP contribution is 2.57. The predicted octanol–water partition coefficient (Wildman–Crippen LogP) is 11.6. The van der Waals surface area contributed by atoms with E-state index in [1.54, 1.807) is 47.7 Å². The Balaban J connectivity index is 1.24. The van der Waals surface area contributed by atoms with Gasteiger partial charge in [-0.2, -0.15) is 10.3 Å². The molecule has 0 spiro atoms. The van der Waals surface area contributed by atoms with E-state index in [1.165, 1.54) is 59.4 Å². The molecule has 1 saturated heterocycles. The largest absolute Gasteiger partial charge is 0.457 e. The lowest BCUT2D eigenvalue weighted by Crippen LogP contribution is -2.57. The van der Waals surface area contributed by atoms with E-state index in [0.717, 1.165) is 28.0 Å². The number of oxime groups is 1. The number of esters is 2. The van der Waals surface area contributed by atoms with Crippen LogP contribution < -0.4 is 10.6 Å². The summed E-state index contributed by atoms with van der Waals surface area (Å²) in [4.78, 5) is 84.4. The van der Waals surface area contributed by atoms with E-state index in [-0.39, 0.29) is 33.8 Å². The number of aromatic nitrogens is 4. The summed E-state index contributed by atoms with van der Waals surface area (Å²) in [6.07, 6.45) is -0.0597. The predicted molar refractivity (Wildman–Crippen MR) is 315 cm³/mol. The molecule has 2 unspecified atom stereocenters. The molecular formula is C60H60N8O9S4. The molecule has 0 aliphatic carbocycles. The second-order valence-electron chi connectivity index (χ2n) is 21.2. The van der Waals surface area contributed by atoms with Crippen LogP contribution in [-0.2, 0) is 43.6 Å². The van der Waals surface area contributed by atoms with Crippen LogP contribution in [0.15, 0.2) is 184 Å². The van der Waals surface area contributed by atoms with Gasteiger partial charge in [-0.05, 0) is 83.2 Å². The molecule has 4 heterocycles. The zero-order valence-electron chi connectivity index (χ0n) is 45.6. The van der Waals surface area contributed by atoms with Crippen molar-refractivity contribution in [2.75, 3.05) is 5.32 Å². The number of hydrogen-bond donors (Lipinski definition) is 3. The summed E-state index contributed by atoms with van der Waals surface area (Å²) in [7, 11) is 0. The number of amides is 3. The lowest BCUT2D eigenvalue weighted by atomic mass is 9.70. The van der Waals surface area contributed by atoms with Crippen LogP contribution in [0.2, 0.25) is 0 Å². The Morgan fingerprint density at radius 1 is 0.728 bits per heavy atom. The number of ether oxygens (including phenoxy) is 3. The van der Waals surface area contributed by atoms with Crippen LogP contribution in [-0.4, -0.2) is 93.0 Å². The first-order valence-electron chi connectivity index (χ1n) is 25.8. The Labute approximate surface area is 486 Å². The first-order chi connectivity index (χ1) is 38.7. The third kappa shape index (κ3) is 13.6. The van der Waals surface area contributed by atoms with Gasteiger partial charge in [-0.3, -0.25) is 19.8 Å². The number of hydrogen-bond acceptors (Lipinski definition) is 17. The SMILES string of the molecule is CC(C)(C)OC(=O)Nc1nc(/C(=N/OC(C)(C)C(=O)OC(C)(C)C)C(=O)NC2S[C@@H]3CC(=O)N3C(C(=O)OC(c3ccccc3)c3ccccc3)=C2SC(Sc2cn[nH]n2)C(c2ccccc2)(c2ccccc2)c2ccccc2)cs1. The normalized spacial score (nSPS) is 16.2. The second-order valence-corrected chi connectivity index (χ2v) is 25.9. The van der Waals surface area contributed by atoms with Crippen molar-refractivity contribution in [3.63, 3.8) is 0 Å². The van der Waals surface area contributed by atoms with Gasteiger partial charge in [0.15, 0.2) is 16.9 Å². The molecule has 3 atom stereocenters. The summed E-state index contributed by atoms with van der Waals surface area (Å²) in [5.41, 5.74) is -1.02. The quantitative estimate of drug-likeness (QED) is 0.0100. The Morgan fingerprint density at radius 2 is 1.26 bits per heavy atom. The minimum Gasteiger partial charge on any atom is -0.457 e. The van der Waals surface area contributed by atoms with E-state index in [1.807, 2.05) is 115 Å². The maximum Gasteiger partial charge on any atom is 0.413 e. The van der Waals surface area contributed by atoms with Gasteiger partial charge >= 0.3 is 18.0 Å². The molecule has 21 heteroatoms. The molecule has 2 aliphatic rings. The van der Waals surface area contributed by atoms with E-state index >= 15 is 9.59 Å². The first kappa shape index (κ1) is 58.0. The number of carbonyl (C=O) groups excluding carboxylic acids is 5. The number of thioether (sulfide) groups is 3. The fourth-order valence-corrected chi connectivity index (χ4v) is 14.3. The van der Waals surface area contributed by atoms with Crippen LogP contribution in [0.25, 0.3) is 0 Å². The van der Waals surface area contributed by atoms with Crippen LogP contribution >= 0.6 is 46.6 Å². The molecule has 3 N–H and O–H groups in total. The Bertz CT molecular complexity index is 3270. The van der Waals surface area contributed by atoms with Gasteiger partial charge < -0.3 is 24.4 Å². The number of β-lactam (4-membered cyclic amide) rings is 1. The van der Waals surface area contributed by atoms with Crippen molar-refractivity contribution in [2.24, 2.45) is 5.16 Å². The molecule has 0 radical (unpaired) electrons. The Kier molecular flexibility index (Phi) is 17.6. The van der Waals surface area contributed by atoms with E-state index in [9.17, 15) is 14.4 Å². The van der Waals surface area contributed by atoms with Crippen LogP contribution in [0.4, 0.5) is 9.93 Å². The van der Waals surface area contributed by atoms with Gasteiger partial charge in [-0.1, -0.05) is 169 Å². The van der Waals surface area contributed by atoms with Crippen molar-refractivity contribution in [2.45, 2.75) is 110 Å². The van der Waals surface area contributed by atoms with Crippen LogP contribution in [0.5, 0.6) is 0 Å². The molecular weight excluding hydrogens is 1100 g/mol. The van der Waals surface area contributed by atoms with Gasteiger partial charge in [0.1, 0.15) is 33.0 Å². The molecule has 1 fully saturated rings.